The van der Waals surface area contributed by atoms with Gasteiger partial charge in [-0.25, -0.2) is 4.98 Å². The van der Waals surface area contributed by atoms with E-state index in [-0.39, 0.29) is 23.5 Å². The lowest BCUT2D eigenvalue weighted by Gasteiger charge is -2.11. The number of fused-ring (bicyclic) bond motifs is 1. The Labute approximate surface area is 252 Å². The summed E-state index contributed by atoms with van der Waals surface area (Å²) in [5, 5.41) is 9.28. The molecule has 0 unspecified atom stereocenters. The van der Waals surface area contributed by atoms with Gasteiger partial charge in [0.05, 0.1) is 5.52 Å². The van der Waals surface area contributed by atoms with Gasteiger partial charge in [-0.1, -0.05) is 24.3 Å². The molecule has 44 heavy (non-hydrogen) atoms. The second-order valence-corrected chi connectivity index (χ2v) is 9.89. The van der Waals surface area contributed by atoms with Crippen LogP contribution in [0.15, 0.2) is 103 Å². The molecule has 5 rings (SSSR count). The van der Waals surface area contributed by atoms with Gasteiger partial charge in [-0.15, -0.1) is 0 Å². The second kappa shape index (κ2) is 13.6. The van der Waals surface area contributed by atoms with Crippen molar-refractivity contribution in [2.24, 2.45) is 0 Å². The number of nitrogens with one attached hydrogen (secondary N) is 3. The Morgan fingerprint density at radius 3 is 2.50 bits per heavy atom. The van der Waals surface area contributed by atoms with Crippen molar-refractivity contribution in [3.8, 4) is 11.6 Å². The number of hydrogen-bond acceptors (Lipinski definition) is 7. The van der Waals surface area contributed by atoms with Gasteiger partial charge in [-0.3, -0.25) is 9.59 Å². The van der Waals surface area contributed by atoms with Crippen molar-refractivity contribution in [1.82, 2.24) is 19.4 Å². The molecule has 12 heteroatoms. The molecule has 0 aliphatic carbocycles. The van der Waals surface area contributed by atoms with Crippen LogP contribution < -0.4 is 20.7 Å². The highest BCUT2D eigenvalue weighted by atomic mass is 19.3. The van der Waals surface area contributed by atoms with E-state index < -0.39 is 6.61 Å². The number of rotatable bonds is 11. The molecular formula is C32H29F2N7O3. The lowest BCUT2D eigenvalue weighted by molar-refractivity contribution is -0.111. The van der Waals surface area contributed by atoms with Crippen LogP contribution in [0.4, 0.5) is 31.8 Å². The predicted molar refractivity (Wildman–Crippen MR) is 166 cm³/mol. The molecule has 0 fully saturated rings. The summed E-state index contributed by atoms with van der Waals surface area (Å²) < 4.78 is 32.1. The molecule has 0 bridgehead atoms. The van der Waals surface area contributed by atoms with Crippen LogP contribution in [0.1, 0.15) is 10.4 Å². The molecule has 5 aromatic rings. The Balaban J connectivity index is 1.27. The van der Waals surface area contributed by atoms with Gasteiger partial charge < -0.3 is 30.2 Å². The second-order valence-electron chi connectivity index (χ2n) is 9.89. The number of hydrogen-bond donors (Lipinski definition) is 3. The molecule has 2 heterocycles. The summed E-state index contributed by atoms with van der Waals surface area (Å²) >= 11 is 0. The summed E-state index contributed by atoms with van der Waals surface area (Å²) in [4.78, 5) is 36.0. The fraction of sp³-hybridized carbons (Fsp3) is 0.125. The third kappa shape index (κ3) is 7.61. The average Bonchev–Trinajstić information content (AvgIpc) is 3.43. The number of amides is 2. The fourth-order valence-electron chi connectivity index (χ4n) is 4.38. The van der Waals surface area contributed by atoms with E-state index in [0.717, 1.165) is 0 Å². The molecule has 10 nitrogen and oxygen atoms in total. The van der Waals surface area contributed by atoms with Gasteiger partial charge >= 0.3 is 6.61 Å². The van der Waals surface area contributed by atoms with Crippen molar-refractivity contribution >= 4 is 45.7 Å². The molecule has 2 amide bonds. The number of nitrogens with zero attached hydrogens (tertiary/aromatic N) is 4. The van der Waals surface area contributed by atoms with E-state index in [1.54, 1.807) is 95.8 Å². The van der Waals surface area contributed by atoms with Gasteiger partial charge in [-0.05, 0) is 74.8 Å². The van der Waals surface area contributed by atoms with E-state index in [9.17, 15) is 18.4 Å². The van der Waals surface area contributed by atoms with Gasteiger partial charge in [0.15, 0.2) is 0 Å². The summed E-state index contributed by atoms with van der Waals surface area (Å²) in [7, 11) is 3.81. The third-order valence-electron chi connectivity index (χ3n) is 6.31. The van der Waals surface area contributed by atoms with Crippen LogP contribution in [0.25, 0.3) is 16.7 Å². The number of carbonyl (C=O) groups excluding carboxylic acids is 2. The van der Waals surface area contributed by atoms with Crippen molar-refractivity contribution < 1.29 is 23.1 Å². The smallest absolute Gasteiger partial charge is 0.387 e. The first kappa shape index (κ1) is 29.9. The standard InChI is InChI=1S/C32H29F2N7O3/c1-40(2)17-6-13-29(42)36-22-8-3-7-21(19-22)30(43)37-23-9-4-10-24(20-23)38-32-35-16-14-28(39-32)41-18-15-25-26(41)11-5-12-27(25)44-31(33)34/h3-16,18-20,31H,17H2,1-2H3,(H,36,42)(H,37,43)(H,35,38,39). The Morgan fingerprint density at radius 2 is 1.70 bits per heavy atom. The topological polar surface area (TPSA) is 113 Å². The highest BCUT2D eigenvalue weighted by molar-refractivity contribution is 6.06. The average molecular weight is 598 g/mol. The van der Waals surface area contributed by atoms with Crippen molar-refractivity contribution in [2.75, 3.05) is 36.6 Å². The molecule has 0 saturated heterocycles. The number of aromatic nitrogens is 3. The van der Waals surface area contributed by atoms with Gasteiger partial charge in [0.25, 0.3) is 5.91 Å². The molecular weight excluding hydrogens is 568 g/mol. The minimum Gasteiger partial charge on any atom is -0.434 e. The minimum atomic E-state index is -2.93. The molecule has 2 aromatic heterocycles. The van der Waals surface area contributed by atoms with Crippen molar-refractivity contribution in [3.63, 3.8) is 0 Å². The van der Waals surface area contributed by atoms with E-state index in [1.807, 2.05) is 19.0 Å². The SMILES string of the molecule is CN(C)CC=CC(=O)Nc1cccc(C(=O)Nc2cccc(Nc3nccc(-n4ccc5c(OC(F)F)cccc54)n3)c2)c1. The number of anilines is 4. The zero-order chi connectivity index (χ0) is 31.1. The maximum Gasteiger partial charge on any atom is 0.387 e. The number of carbonyl (C=O) groups is 2. The largest absolute Gasteiger partial charge is 0.434 e. The summed E-state index contributed by atoms with van der Waals surface area (Å²) in [6.07, 6.45) is 6.49. The molecule has 0 atom stereocenters. The van der Waals surface area contributed by atoms with Gasteiger partial charge in [0, 0.05) is 53.0 Å². The van der Waals surface area contributed by atoms with E-state index in [0.29, 0.717) is 45.9 Å². The van der Waals surface area contributed by atoms with E-state index in [4.69, 9.17) is 0 Å². The minimum absolute atomic E-state index is 0.0757. The molecule has 3 N–H and O–H groups in total. The van der Waals surface area contributed by atoms with Crippen LogP contribution in [-0.2, 0) is 4.79 Å². The third-order valence-corrected chi connectivity index (χ3v) is 6.31. The number of benzene rings is 3. The first-order chi connectivity index (χ1) is 21.2. The number of halogens is 2. The molecule has 0 aliphatic heterocycles. The van der Waals surface area contributed by atoms with Gasteiger partial charge in [0.1, 0.15) is 11.6 Å². The predicted octanol–water partition coefficient (Wildman–Crippen LogP) is 6.07. The lowest BCUT2D eigenvalue weighted by atomic mass is 10.1. The first-order valence-electron chi connectivity index (χ1n) is 13.5. The van der Waals surface area contributed by atoms with Crippen molar-refractivity contribution in [1.29, 1.82) is 0 Å². The van der Waals surface area contributed by atoms with Crippen LogP contribution in [0, 0.1) is 0 Å². The van der Waals surface area contributed by atoms with Crippen molar-refractivity contribution in [3.05, 3.63) is 109 Å². The Kier molecular flexibility index (Phi) is 9.21. The first-order valence-corrected chi connectivity index (χ1v) is 13.5. The zero-order valence-electron chi connectivity index (χ0n) is 23.9. The quantitative estimate of drug-likeness (QED) is 0.158. The highest BCUT2D eigenvalue weighted by Gasteiger charge is 2.13. The molecule has 3 aromatic carbocycles. The summed E-state index contributed by atoms with van der Waals surface area (Å²) in [6, 6.07) is 22.0. The van der Waals surface area contributed by atoms with Gasteiger partial charge in [-0.2, -0.15) is 13.8 Å². The number of likely N-dealkylation sites (N-methyl/N-ethyl adjacent to an activating group) is 1. The molecule has 0 saturated carbocycles. The lowest BCUT2D eigenvalue weighted by Crippen LogP contribution is -2.14. The molecule has 0 spiro atoms. The summed E-state index contributed by atoms with van der Waals surface area (Å²) in [6.45, 7) is -2.30. The maximum atomic E-state index is 13.0. The number of alkyl halides is 2. The van der Waals surface area contributed by atoms with Gasteiger partial charge in [0.2, 0.25) is 11.9 Å². The number of ether oxygens (including phenoxy) is 1. The molecule has 0 radical (unpaired) electrons. The molecule has 0 aliphatic rings. The van der Waals surface area contributed by atoms with Crippen LogP contribution in [-0.4, -0.2) is 58.5 Å². The van der Waals surface area contributed by atoms with Crippen molar-refractivity contribution in [2.45, 2.75) is 6.61 Å². The van der Waals surface area contributed by atoms with Crippen LogP contribution in [0.3, 0.4) is 0 Å². The fourth-order valence-corrected chi connectivity index (χ4v) is 4.38. The van der Waals surface area contributed by atoms with Crippen LogP contribution in [0.5, 0.6) is 5.75 Å². The zero-order valence-corrected chi connectivity index (χ0v) is 23.9. The molecule has 224 valence electrons. The van der Waals surface area contributed by atoms with Crippen LogP contribution >= 0.6 is 0 Å². The monoisotopic (exact) mass is 597 g/mol. The Bertz CT molecular complexity index is 1820. The normalized spacial score (nSPS) is 11.3. The summed E-state index contributed by atoms with van der Waals surface area (Å²) in [5.74, 6) is 0.234. The highest BCUT2D eigenvalue weighted by Crippen LogP contribution is 2.29. The van der Waals surface area contributed by atoms with Crippen LogP contribution in [0.2, 0.25) is 0 Å². The Morgan fingerprint density at radius 1 is 0.955 bits per heavy atom. The maximum absolute atomic E-state index is 13.0. The Hall–Kier alpha value is -5.62. The van der Waals surface area contributed by atoms with E-state index in [1.165, 1.54) is 12.1 Å². The summed E-state index contributed by atoms with van der Waals surface area (Å²) in [5.41, 5.74) is 2.66. The van der Waals surface area contributed by atoms with E-state index in [2.05, 4.69) is 30.7 Å². The van der Waals surface area contributed by atoms with E-state index >= 15 is 0 Å².